The molecule has 0 saturated heterocycles. The molecule has 2 aromatic rings. The van der Waals surface area contributed by atoms with E-state index in [9.17, 15) is 0 Å². The summed E-state index contributed by atoms with van der Waals surface area (Å²) < 4.78 is 0. The van der Waals surface area contributed by atoms with E-state index in [4.69, 9.17) is 0 Å². The normalized spacial score (nSPS) is 11.2. The van der Waals surface area contributed by atoms with Gasteiger partial charge in [-0.3, -0.25) is 10.1 Å². The van der Waals surface area contributed by atoms with E-state index in [1.165, 1.54) is 18.4 Å². The molecule has 2 rings (SSSR count). The molecule has 0 saturated carbocycles. The van der Waals surface area contributed by atoms with Gasteiger partial charge in [-0.05, 0) is 39.1 Å². The zero-order chi connectivity index (χ0) is 13.7. The molecule has 0 radical (unpaired) electrons. The standard InChI is InChI=1S/C15H22N4/c1-4-5-8-19(3)11-14-10-17-18-15(14)13-7-6-12(2)16-9-13/h6-7,9-10H,4-5,8,11H2,1-3H3,(H,17,18). The topological polar surface area (TPSA) is 44.8 Å². The van der Waals surface area contributed by atoms with Crippen molar-refractivity contribution in [1.82, 2.24) is 20.1 Å². The molecule has 0 fully saturated rings. The van der Waals surface area contributed by atoms with Crippen LogP contribution in [-0.4, -0.2) is 33.7 Å². The molecule has 2 heterocycles. The number of hydrogen-bond acceptors (Lipinski definition) is 3. The van der Waals surface area contributed by atoms with Gasteiger partial charge in [-0.1, -0.05) is 13.3 Å². The minimum Gasteiger partial charge on any atom is -0.302 e. The van der Waals surface area contributed by atoms with Gasteiger partial charge < -0.3 is 4.90 Å². The Morgan fingerprint density at radius 2 is 2.11 bits per heavy atom. The summed E-state index contributed by atoms with van der Waals surface area (Å²) in [6, 6.07) is 4.12. The molecule has 0 aliphatic rings. The van der Waals surface area contributed by atoms with E-state index in [0.717, 1.165) is 30.0 Å². The van der Waals surface area contributed by atoms with Gasteiger partial charge in [0.25, 0.3) is 0 Å². The monoisotopic (exact) mass is 258 g/mol. The summed E-state index contributed by atoms with van der Waals surface area (Å²) in [6.07, 6.45) is 6.27. The molecular formula is C15H22N4. The molecule has 4 nitrogen and oxygen atoms in total. The summed E-state index contributed by atoms with van der Waals surface area (Å²) in [5.74, 6) is 0. The second-order valence-corrected chi connectivity index (χ2v) is 5.05. The highest BCUT2D eigenvalue weighted by molar-refractivity contribution is 5.61. The van der Waals surface area contributed by atoms with Crippen LogP contribution in [0.4, 0.5) is 0 Å². The van der Waals surface area contributed by atoms with Crippen LogP contribution in [0.25, 0.3) is 11.3 Å². The van der Waals surface area contributed by atoms with Crippen LogP contribution in [0.2, 0.25) is 0 Å². The molecule has 0 aliphatic heterocycles. The van der Waals surface area contributed by atoms with Crippen LogP contribution in [0.3, 0.4) is 0 Å². The number of rotatable bonds is 6. The highest BCUT2D eigenvalue weighted by atomic mass is 15.1. The molecular weight excluding hydrogens is 236 g/mol. The van der Waals surface area contributed by atoms with E-state index in [-0.39, 0.29) is 0 Å². The van der Waals surface area contributed by atoms with Crippen molar-refractivity contribution in [3.05, 3.63) is 35.8 Å². The Labute approximate surface area is 114 Å². The molecule has 1 N–H and O–H groups in total. The maximum absolute atomic E-state index is 4.34. The first-order valence-corrected chi connectivity index (χ1v) is 6.84. The summed E-state index contributed by atoms with van der Waals surface area (Å²) in [4.78, 5) is 6.68. The van der Waals surface area contributed by atoms with Crippen LogP contribution in [0.5, 0.6) is 0 Å². The van der Waals surface area contributed by atoms with Crippen molar-refractivity contribution in [3.8, 4) is 11.3 Å². The highest BCUT2D eigenvalue weighted by Crippen LogP contribution is 2.21. The summed E-state index contributed by atoms with van der Waals surface area (Å²) in [5.41, 5.74) is 4.44. The fourth-order valence-electron chi connectivity index (χ4n) is 2.09. The van der Waals surface area contributed by atoms with Gasteiger partial charge in [0.15, 0.2) is 0 Å². The Morgan fingerprint density at radius 3 is 2.79 bits per heavy atom. The first kappa shape index (κ1) is 13.7. The maximum Gasteiger partial charge on any atom is 0.0710 e. The summed E-state index contributed by atoms with van der Waals surface area (Å²) in [7, 11) is 2.15. The molecule has 19 heavy (non-hydrogen) atoms. The van der Waals surface area contributed by atoms with Crippen molar-refractivity contribution >= 4 is 0 Å². The molecule has 0 aromatic carbocycles. The van der Waals surface area contributed by atoms with Crippen LogP contribution in [0.15, 0.2) is 24.5 Å². The molecule has 4 heteroatoms. The van der Waals surface area contributed by atoms with Crippen molar-refractivity contribution < 1.29 is 0 Å². The van der Waals surface area contributed by atoms with Gasteiger partial charge in [-0.25, -0.2) is 0 Å². The number of H-pyrrole nitrogens is 1. The van der Waals surface area contributed by atoms with Gasteiger partial charge in [0.1, 0.15) is 0 Å². The zero-order valence-corrected chi connectivity index (χ0v) is 12.0. The number of unbranched alkanes of at least 4 members (excludes halogenated alkanes) is 1. The van der Waals surface area contributed by atoms with E-state index in [0.29, 0.717) is 0 Å². The second-order valence-electron chi connectivity index (χ2n) is 5.05. The predicted octanol–water partition coefficient (Wildman–Crippen LogP) is 3.01. The Balaban J connectivity index is 2.11. The fourth-order valence-corrected chi connectivity index (χ4v) is 2.09. The lowest BCUT2D eigenvalue weighted by Gasteiger charge is -2.16. The van der Waals surface area contributed by atoms with E-state index < -0.39 is 0 Å². The van der Waals surface area contributed by atoms with Crippen LogP contribution in [0, 0.1) is 6.92 Å². The van der Waals surface area contributed by atoms with E-state index in [1.54, 1.807) is 0 Å². The number of pyridine rings is 1. The largest absolute Gasteiger partial charge is 0.302 e. The molecule has 102 valence electrons. The third kappa shape index (κ3) is 3.64. The van der Waals surface area contributed by atoms with Gasteiger partial charge in [0.05, 0.1) is 11.9 Å². The predicted molar refractivity (Wildman–Crippen MR) is 77.8 cm³/mol. The molecule has 0 spiro atoms. The quantitative estimate of drug-likeness (QED) is 0.866. The zero-order valence-electron chi connectivity index (χ0n) is 12.0. The molecule has 0 unspecified atom stereocenters. The summed E-state index contributed by atoms with van der Waals surface area (Å²) in [6.45, 7) is 6.25. The minimum atomic E-state index is 0.916. The van der Waals surface area contributed by atoms with Crippen LogP contribution in [0.1, 0.15) is 31.0 Å². The number of nitrogens with one attached hydrogen (secondary N) is 1. The fraction of sp³-hybridized carbons (Fsp3) is 0.467. The molecule has 0 amide bonds. The van der Waals surface area contributed by atoms with Crippen LogP contribution >= 0.6 is 0 Å². The Kier molecular flexibility index (Phi) is 4.68. The number of nitrogens with zero attached hydrogens (tertiary/aromatic N) is 3. The first-order chi connectivity index (χ1) is 9.20. The van der Waals surface area contributed by atoms with Crippen molar-refractivity contribution in [2.24, 2.45) is 0 Å². The van der Waals surface area contributed by atoms with Crippen molar-refractivity contribution in [2.45, 2.75) is 33.2 Å². The van der Waals surface area contributed by atoms with Crippen LogP contribution < -0.4 is 0 Å². The van der Waals surface area contributed by atoms with E-state index >= 15 is 0 Å². The molecule has 2 aromatic heterocycles. The number of aromatic nitrogens is 3. The lowest BCUT2D eigenvalue weighted by atomic mass is 10.1. The number of aromatic amines is 1. The third-order valence-corrected chi connectivity index (χ3v) is 3.25. The average molecular weight is 258 g/mol. The summed E-state index contributed by atoms with van der Waals surface area (Å²) >= 11 is 0. The van der Waals surface area contributed by atoms with Crippen molar-refractivity contribution in [1.29, 1.82) is 0 Å². The van der Waals surface area contributed by atoms with Gasteiger partial charge >= 0.3 is 0 Å². The van der Waals surface area contributed by atoms with Crippen molar-refractivity contribution in [3.63, 3.8) is 0 Å². The molecule has 0 bridgehead atoms. The van der Waals surface area contributed by atoms with Gasteiger partial charge in [-0.15, -0.1) is 0 Å². The van der Waals surface area contributed by atoms with Crippen molar-refractivity contribution in [2.75, 3.05) is 13.6 Å². The van der Waals surface area contributed by atoms with Gasteiger partial charge in [0, 0.05) is 29.6 Å². The third-order valence-electron chi connectivity index (χ3n) is 3.25. The lowest BCUT2D eigenvalue weighted by molar-refractivity contribution is 0.321. The van der Waals surface area contributed by atoms with Gasteiger partial charge in [0.2, 0.25) is 0 Å². The summed E-state index contributed by atoms with van der Waals surface area (Å²) in [5, 5.41) is 7.26. The Bertz CT molecular complexity index is 501. The van der Waals surface area contributed by atoms with Gasteiger partial charge in [-0.2, -0.15) is 5.10 Å². The highest BCUT2D eigenvalue weighted by Gasteiger charge is 2.10. The van der Waals surface area contributed by atoms with E-state index in [2.05, 4.69) is 40.1 Å². The smallest absolute Gasteiger partial charge is 0.0710 e. The maximum atomic E-state index is 4.34. The second kappa shape index (κ2) is 6.48. The Morgan fingerprint density at radius 1 is 1.26 bits per heavy atom. The number of hydrogen-bond donors (Lipinski definition) is 1. The van der Waals surface area contributed by atoms with E-state index in [1.807, 2.05) is 25.4 Å². The molecule has 0 atom stereocenters. The number of aryl methyl sites for hydroxylation is 1. The minimum absolute atomic E-state index is 0.916. The van der Waals surface area contributed by atoms with Crippen LogP contribution in [-0.2, 0) is 6.54 Å². The lowest BCUT2D eigenvalue weighted by Crippen LogP contribution is -2.19. The SMILES string of the molecule is CCCCN(C)Cc1cn[nH]c1-c1ccc(C)nc1. The average Bonchev–Trinajstić information content (AvgIpc) is 2.85. The first-order valence-electron chi connectivity index (χ1n) is 6.84. The molecule has 0 aliphatic carbocycles. The Hall–Kier alpha value is -1.68.